The van der Waals surface area contributed by atoms with E-state index in [0.717, 1.165) is 18.7 Å². The largest absolute Gasteiger partial charge is 0.478 e. The molecule has 0 spiro atoms. The topological polar surface area (TPSA) is 72.2 Å². The molecule has 5 nitrogen and oxygen atoms in total. The fourth-order valence-electron chi connectivity index (χ4n) is 3.08. The van der Waals surface area contributed by atoms with E-state index in [0.29, 0.717) is 11.4 Å². The summed E-state index contributed by atoms with van der Waals surface area (Å²) in [5.41, 5.74) is -0.139. The molecule has 138 valence electrons. The molecule has 25 heavy (non-hydrogen) atoms. The van der Waals surface area contributed by atoms with E-state index in [4.69, 9.17) is 0 Å². The summed E-state index contributed by atoms with van der Waals surface area (Å²) in [5, 5.41) is 11.1. The molecule has 1 N–H and O–H groups in total. The molecule has 2 aromatic rings. The van der Waals surface area contributed by atoms with Crippen molar-refractivity contribution in [3.05, 3.63) is 27.1 Å². The fraction of sp³-hybridized carbons (Fsp3) is 0.632. The Morgan fingerprint density at radius 3 is 2.44 bits per heavy atom. The van der Waals surface area contributed by atoms with Crippen molar-refractivity contribution in [2.45, 2.75) is 78.2 Å². The van der Waals surface area contributed by atoms with Crippen LogP contribution in [0, 0.1) is 0 Å². The molecule has 0 unspecified atom stereocenters. The molecule has 0 aromatic carbocycles. The van der Waals surface area contributed by atoms with Crippen LogP contribution >= 0.6 is 11.3 Å². The van der Waals surface area contributed by atoms with Crippen molar-refractivity contribution in [1.82, 2.24) is 9.55 Å². The highest BCUT2D eigenvalue weighted by atomic mass is 32.1. The zero-order valence-electron chi connectivity index (χ0n) is 15.4. The summed E-state index contributed by atoms with van der Waals surface area (Å²) in [4.78, 5) is 29.4. The van der Waals surface area contributed by atoms with Gasteiger partial charge in [0, 0.05) is 17.8 Å². The van der Waals surface area contributed by atoms with Crippen molar-refractivity contribution in [3.8, 4) is 0 Å². The Hall–Kier alpha value is -1.69. The number of fused-ring (bicyclic) bond motifs is 1. The molecule has 0 atom stereocenters. The van der Waals surface area contributed by atoms with Gasteiger partial charge in [-0.05, 0) is 6.42 Å². The van der Waals surface area contributed by atoms with Crippen LogP contribution in [-0.2, 0) is 6.54 Å². The van der Waals surface area contributed by atoms with Crippen LogP contribution in [0.5, 0.6) is 0 Å². The average Bonchev–Trinajstić information content (AvgIpc) is 3.00. The summed E-state index contributed by atoms with van der Waals surface area (Å²) < 4.78 is 1.69. The molecule has 0 amide bonds. The molecular weight excluding hydrogens is 336 g/mol. The highest BCUT2D eigenvalue weighted by molar-refractivity contribution is 7.17. The Kier molecular flexibility index (Phi) is 7.17. The van der Waals surface area contributed by atoms with Gasteiger partial charge in [-0.1, -0.05) is 59.3 Å². The Morgan fingerprint density at radius 1 is 1.20 bits per heavy atom. The molecule has 0 saturated carbocycles. The number of carbonyl (C=O) groups is 1. The minimum Gasteiger partial charge on any atom is -0.478 e. The standard InChI is InChI=1S/C19H28N2O3S/c1-4-5-6-7-8-9-10-11-21-16(13(2)3)20-17-15(18(21)22)14(12-25-17)19(23)24/h12-13H,4-11H2,1-3H3,(H,23,24). The molecule has 0 aliphatic rings. The van der Waals surface area contributed by atoms with Crippen molar-refractivity contribution < 1.29 is 9.90 Å². The summed E-state index contributed by atoms with van der Waals surface area (Å²) in [6.07, 6.45) is 8.23. The number of rotatable bonds is 10. The maximum absolute atomic E-state index is 12.9. The van der Waals surface area contributed by atoms with Gasteiger partial charge in [-0.15, -0.1) is 11.3 Å². The number of carboxylic acid groups (broad SMARTS) is 1. The second-order valence-corrected chi connectivity index (χ2v) is 7.70. The van der Waals surface area contributed by atoms with Crippen LogP contribution in [0.2, 0.25) is 0 Å². The molecule has 2 rings (SSSR count). The SMILES string of the molecule is CCCCCCCCCn1c(C(C)C)nc2scc(C(=O)O)c2c1=O. The van der Waals surface area contributed by atoms with Crippen LogP contribution in [0.15, 0.2) is 10.2 Å². The van der Waals surface area contributed by atoms with Gasteiger partial charge in [0.15, 0.2) is 0 Å². The molecule has 2 aromatic heterocycles. The van der Waals surface area contributed by atoms with Crippen LogP contribution in [0.3, 0.4) is 0 Å². The molecule has 6 heteroatoms. The monoisotopic (exact) mass is 364 g/mol. The van der Waals surface area contributed by atoms with Crippen LogP contribution in [-0.4, -0.2) is 20.6 Å². The molecule has 0 bridgehead atoms. The van der Waals surface area contributed by atoms with E-state index in [9.17, 15) is 14.7 Å². The normalized spacial score (nSPS) is 11.5. The zero-order chi connectivity index (χ0) is 18.4. The Bertz CT molecular complexity index is 777. The van der Waals surface area contributed by atoms with Gasteiger partial charge in [0.1, 0.15) is 10.7 Å². The summed E-state index contributed by atoms with van der Waals surface area (Å²) in [7, 11) is 0. The third kappa shape index (κ3) is 4.69. The molecular formula is C19H28N2O3S. The molecule has 0 aliphatic carbocycles. The van der Waals surface area contributed by atoms with E-state index in [1.165, 1.54) is 48.8 Å². The van der Waals surface area contributed by atoms with E-state index < -0.39 is 5.97 Å². The summed E-state index contributed by atoms with van der Waals surface area (Å²) in [6.45, 7) is 6.85. The molecule has 0 radical (unpaired) electrons. The van der Waals surface area contributed by atoms with Crippen molar-refractivity contribution >= 4 is 27.5 Å². The first-order chi connectivity index (χ1) is 12.0. The third-order valence-corrected chi connectivity index (χ3v) is 5.33. The van der Waals surface area contributed by atoms with Crippen molar-refractivity contribution in [2.75, 3.05) is 0 Å². The number of nitrogens with zero attached hydrogens (tertiary/aromatic N) is 2. The van der Waals surface area contributed by atoms with Crippen LogP contribution in [0.4, 0.5) is 0 Å². The third-order valence-electron chi connectivity index (χ3n) is 4.46. The number of aromatic carboxylic acids is 1. The summed E-state index contributed by atoms with van der Waals surface area (Å²) in [6, 6.07) is 0. The van der Waals surface area contributed by atoms with E-state index in [-0.39, 0.29) is 22.4 Å². The van der Waals surface area contributed by atoms with Gasteiger partial charge >= 0.3 is 5.97 Å². The lowest BCUT2D eigenvalue weighted by molar-refractivity contribution is 0.0699. The zero-order valence-corrected chi connectivity index (χ0v) is 16.2. The maximum Gasteiger partial charge on any atom is 0.337 e. The molecule has 0 saturated heterocycles. The number of hydrogen-bond donors (Lipinski definition) is 1. The number of thiophene rings is 1. The van der Waals surface area contributed by atoms with Gasteiger partial charge < -0.3 is 5.11 Å². The quantitative estimate of drug-likeness (QED) is 0.600. The van der Waals surface area contributed by atoms with Crippen LogP contribution in [0.1, 0.15) is 87.8 Å². The van der Waals surface area contributed by atoms with Crippen molar-refractivity contribution in [3.63, 3.8) is 0 Å². The first-order valence-corrected chi connectivity index (χ1v) is 10.1. The first-order valence-electron chi connectivity index (χ1n) is 9.22. The van der Waals surface area contributed by atoms with E-state index in [1.807, 2.05) is 13.8 Å². The molecule has 2 heterocycles. The predicted molar refractivity (Wildman–Crippen MR) is 103 cm³/mol. The highest BCUT2D eigenvalue weighted by Crippen LogP contribution is 2.24. The van der Waals surface area contributed by atoms with Gasteiger partial charge in [-0.3, -0.25) is 9.36 Å². The average molecular weight is 365 g/mol. The predicted octanol–water partition coefficient (Wildman–Crippen LogP) is 5.03. The van der Waals surface area contributed by atoms with Crippen molar-refractivity contribution in [2.24, 2.45) is 0 Å². The number of hydrogen-bond acceptors (Lipinski definition) is 4. The lowest BCUT2D eigenvalue weighted by atomic mass is 10.1. The first kappa shape index (κ1) is 19.6. The summed E-state index contributed by atoms with van der Waals surface area (Å²) in [5.74, 6) is -0.191. The fourth-order valence-corrected chi connectivity index (χ4v) is 3.99. The lowest BCUT2D eigenvalue weighted by Crippen LogP contribution is -2.26. The second-order valence-electron chi connectivity index (χ2n) is 6.84. The minimum absolute atomic E-state index is 0.0705. The van der Waals surface area contributed by atoms with E-state index in [1.54, 1.807) is 4.57 Å². The van der Waals surface area contributed by atoms with E-state index in [2.05, 4.69) is 11.9 Å². The Balaban J connectivity index is 2.20. The molecule has 0 fully saturated rings. The molecule has 0 aliphatic heterocycles. The van der Waals surface area contributed by atoms with Gasteiger partial charge in [0.25, 0.3) is 5.56 Å². The van der Waals surface area contributed by atoms with E-state index >= 15 is 0 Å². The van der Waals surface area contributed by atoms with Gasteiger partial charge in [-0.2, -0.15) is 0 Å². The van der Waals surface area contributed by atoms with Gasteiger partial charge in [-0.25, -0.2) is 9.78 Å². The Morgan fingerprint density at radius 2 is 1.84 bits per heavy atom. The lowest BCUT2D eigenvalue weighted by Gasteiger charge is -2.15. The summed E-state index contributed by atoms with van der Waals surface area (Å²) >= 11 is 1.23. The number of carboxylic acids is 1. The second kappa shape index (κ2) is 9.13. The Labute approximate surface area is 152 Å². The highest BCUT2D eigenvalue weighted by Gasteiger charge is 2.20. The number of aromatic nitrogens is 2. The van der Waals surface area contributed by atoms with Crippen LogP contribution < -0.4 is 5.56 Å². The smallest absolute Gasteiger partial charge is 0.337 e. The van der Waals surface area contributed by atoms with Crippen LogP contribution in [0.25, 0.3) is 10.2 Å². The minimum atomic E-state index is -1.06. The number of unbranched alkanes of at least 4 members (excludes halogenated alkanes) is 6. The van der Waals surface area contributed by atoms with Crippen molar-refractivity contribution in [1.29, 1.82) is 0 Å². The van der Waals surface area contributed by atoms with Gasteiger partial charge in [0.2, 0.25) is 0 Å². The van der Waals surface area contributed by atoms with Gasteiger partial charge in [0.05, 0.1) is 10.9 Å². The maximum atomic E-state index is 12.9.